The highest BCUT2D eigenvalue weighted by Crippen LogP contribution is 2.31. The average molecular weight is 353 g/mol. The first kappa shape index (κ1) is 18.2. The van der Waals surface area contributed by atoms with Crippen molar-refractivity contribution in [1.82, 2.24) is 0 Å². The van der Waals surface area contributed by atoms with Crippen LogP contribution in [-0.4, -0.2) is 5.97 Å². The van der Waals surface area contributed by atoms with E-state index >= 15 is 0 Å². The molecule has 0 amide bonds. The van der Waals surface area contributed by atoms with Crippen LogP contribution in [0.5, 0.6) is 5.75 Å². The number of hydrogen-bond donors (Lipinski definition) is 0. The Morgan fingerprint density at radius 2 is 1.78 bits per heavy atom. The van der Waals surface area contributed by atoms with Crippen molar-refractivity contribution in [2.24, 2.45) is 0 Å². The minimum atomic E-state index is -0.447. The second-order valence-electron chi connectivity index (χ2n) is 6.10. The fourth-order valence-electron chi connectivity index (χ4n) is 2.77. The minimum Gasteiger partial charge on any atom is -0.422 e. The summed E-state index contributed by atoms with van der Waals surface area (Å²) in [6.45, 7) is 3.72. The number of ether oxygens (including phenoxy) is 1. The normalized spacial score (nSPS) is 10.0. The van der Waals surface area contributed by atoms with Crippen LogP contribution in [0.2, 0.25) is 0 Å². The molecular formula is C24H19NO2. The van der Waals surface area contributed by atoms with Gasteiger partial charge >= 0.3 is 5.97 Å². The average Bonchev–Trinajstić information content (AvgIpc) is 2.73. The van der Waals surface area contributed by atoms with Crippen LogP contribution >= 0.6 is 0 Å². The van der Waals surface area contributed by atoms with Crippen LogP contribution in [-0.2, 0) is 6.42 Å². The van der Waals surface area contributed by atoms with Crippen molar-refractivity contribution in [1.29, 1.82) is 5.26 Å². The lowest BCUT2D eigenvalue weighted by atomic mass is 10.0. The third kappa shape index (κ3) is 4.50. The smallest absolute Gasteiger partial charge is 0.343 e. The minimum absolute atomic E-state index is 0.376. The molecule has 0 aliphatic carbocycles. The first-order valence-corrected chi connectivity index (χ1v) is 8.73. The summed E-state index contributed by atoms with van der Waals surface area (Å²) in [5.41, 5.74) is 3.74. The Kier molecular flexibility index (Phi) is 5.81. The summed E-state index contributed by atoms with van der Waals surface area (Å²) >= 11 is 0. The van der Waals surface area contributed by atoms with Crippen LogP contribution in [0, 0.1) is 11.3 Å². The lowest BCUT2D eigenvalue weighted by molar-refractivity contribution is 0.0735. The summed E-state index contributed by atoms with van der Waals surface area (Å²) in [6, 6.07) is 24.2. The van der Waals surface area contributed by atoms with Crippen LogP contribution in [0.15, 0.2) is 85.5 Å². The third-order valence-corrected chi connectivity index (χ3v) is 4.22. The Labute approximate surface area is 159 Å². The molecule has 0 radical (unpaired) electrons. The quantitative estimate of drug-likeness (QED) is 0.331. The first-order valence-electron chi connectivity index (χ1n) is 8.73. The molecule has 0 unspecified atom stereocenters. The van der Waals surface area contributed by atoms with Gasteiger partial charge < -0.3 is 4.74 Å². The predicted molar refractivity (Wildman–Crippen MR) is 107 cm³/mol. The molecule has 3 aromatic carbocycles. The van der Waals surface area contributed by atoms with Crippen molar-refractivity contribution in [3.8, 4) is 22.9 Å². The zero-order chi connectivity index (χ0) is 19.1. The van der Waals surface area contributed by atoms with Gasteiger partial charge in [-0.2, -0.15) is 5.26 Å². The summed E-state index contributed by atoms with van der Waals surface area (Å²) in [6.07, 6.45) is 3.65. The monoisotopic (exact) mass is 353 g/mol. The molecule has 0 aliphatic rings. The zero-order valence-corrected chi connectivity index (χ0v) is 14.9. The Hall–Kier alpha value is -3.64. The highest BCUT2D eigenvalue weighted by atomic mass is 16.5. The molecule has 0 fully saturated rings. The van der Waals surface area contributed by atoms with Crippen molar-refractivity contribution in [3.05, 3.63) is 102 Å². The highest BCUT2D eigenvalue weighted by molar-refractivity contribution is 5.92. The van der Waals surface area contributed by atoms with Gasteiger partial charge in [0.1, 0.15) is 5.75 Å². The van der Waals surface area contributed by atoms with E-state index in [-0.39, 0.29) is 0 Å². The second kappa shape index (κ2) is 8.64. The molecule has 0 saturated carbocycles. The van der Waals surface area contributed by atoms with Gasteiger partial charge in [0.2, 0.25) is 0 Å². The van der Waals surface area contributed by atoms with E-state index in [0.717, 1.165) is 29.5 Å². The van der Waals surface area contributed by atoms with Gasteiger partial charge in [-0.1, -0.05) is 48.5 Å². The number of rotatable bonds is 6. The van der Waals surface area contributed by atoms with Crippen LogP contribution in [0.3, 0.4) is 0 Å². The largest absolute Gasteiger partial charge is 0.422 e. The molecule has 3 aromatic rings. The first-order chi connectivity index (χ1) is 13.2. The summed E-state index contributed by atoms with van der Waals surface area (Å²) in [4.78, 5) is 12.6. The van der Waals surface area contributed by atoms with E-state index in [1.54, 1.807) is 30.3 Å². The van der Waals surface area contributed by atoms with E-state index in [1.165, 1.54) is 0 Å². The molecule has 3 nitrogen and oxygen atoms in total. The van der Waals surface area contributed by atoms with Gasteiger partial charge in [0.25, 0.3) is 0 Å². The van der Waals surface area contributed by atoms with Crippen molar-refractivity contribution < 1.29 is 9.53 Å². The summed E-state index contributed by atoms with van der Waals surface area (Å²) in [7, 11) is 0. The fraction of sp³-hybridized carbons (Fsp3) is 0.0833. The zero-order valence-electron chi connectivity index (χ0n) is 14.9. The molecule has 0 heterocycles. The maximum Gasteiger partial charge on any atom is 0.343 e. The predicted octanol–water partition coefficient (Wildman–Crippen LogP) is 5.56. The van der Waals surface area contributed by atoms with Crippen molar-refractivity contribution in [2.75, 3.05) is 0 Å². The van der Waals surface area contributed by atoms with Crippen LogP contribution in [0.1, 0.15) is 27.9 Å². The Bertz CT molecular complexity index is 983. The van der Waals surface area contributed by atoms with Gasteiger partial charge in [0.15, 0.2) is 0 Å². The van der Waals surface area contributed by atoms with Gasteiger partial charge in [0, 0.05) is 5.56 Å². The molecule has 0 saturated heterocycles. The number of benzene rings is 3. The lowest BCUT2D eigenvalue weighted by Crippen LogP contribution is -2.09. The van der Waals surface area contributed by atoms with E-state index in [9.17, 15) is 10.1 Å². The topological polar surface area (TPSA) is 50.1 Å². The SMILES string of the molecule is C=CCCc1ccc(C(=O)Oc2cc(C#N)ccc2-c2ccccc2)cc1. The van der Waals surface area contributed by atoms with Gasteiger partial charge in [-0.25, -0.2) is 4.79 Å². The Morgan fingerprint density at radius 1 is 1.04 bits per heavy atom. The molecule has 132 valence electrons. The van der Waals surface area contributed by atoms with Crippen LogP contribution < -0.4 is 4.74 Å². The number of esters is 1. The maximum absolute atomic E-state index is 12.6. The Balaban J connectivity index is 1.87. The van der Waals surface area contributed by atoms with E-state index in [1.807, 2.05) is 48.5 Å². The highest BCUT2D eigenvalue weighted by Gasteiger charge is 2.14. The van der Waals surface area contributed by atoms with Gasteiger partial charge in [-0.15, -0.1) is 6.58 Å². The molecule has 0 aliphatic heterocycles. The van der Waals surface area contributed by atoms with Crippen LogP contribution in [0.25, 0.3) is 11.1 Å². The van der Waals surface area contributed by atoms with Gasteiger partial charge in [0.05, 0.1) is 17.2 Å². The standard InChI is InChI=1S/C24H19NO2/c1-2-3-7-18-10-13-21(14-11-18)24(26)27-23-16-19(17-25)12-15-22(23)20-8-5-4-6-9-20/h2,4-6,8-16H,1,3,7H2. The molecule has 3 rings (SSSR count). The molecule has 27 heavy (non-hydrogen) atoms. The third-order valence-electron chi connectivity index (χ3n) is 4.22. The molecule has 0 bridgehead atoms. The molecule has 0 spiro atoms. The van der Waals surface area contributed by atoms with E-state index in [0.29, 0.717) is 16.9 Å². The lowest BCUT2D eigenvalue weighted by Gasteiger charge is -2.11. The molecular weight excluding hydrogens is 334 g/mol. The number of nitrogens with zero attached hydrogens (tertiary/aromatic N) is 1. The number of nitriles is 1. The molecule has 0 N–H and O–H groups in total. The maximum atomic E-state index is 12.6. The summed E-state index contributed by atoms with van der Waals surface area (Å²) < 4.78 is 5.64. The number of allylic oxidation sites excluding steroid dienone is 1. The van der Waals surface area contributed by atoms with Gasteiger partial charge in [-0.3, -0.25) is 0 Å². The van der Waals surface area contributed by atoms with Crippen molar-refractivity contribution >= 4 is 5.97 Å². The molecule has 0 aromatic heterocycles. The number of aryl methyl sites for hydroxylation is 1. The molecule has 0 atom stereocenters. The van der Waals surface area contributed by atoms with Crippen LogP contribution in [0.4, 0.5) is 0 Å². The number of carbonyl (C=O) groups is 1. The number of hydrogen-bond acceptors (Lipinski definition) is 3. The van der Waals surface area contributed by atoms with E-state index in [4.69, 9.17) is 4.74 Å². The van der Waals surface area contributed by atoms with E-state index in [2.05, 4.69) is 12.6 Å². The second-order valence-corrected chi connectivity index (χ2v) is 6.10. The van der Waals surface area contributed by atoms with Crippen molar-refractivity contribution in [3.63, 3.8) is 0 Å². The summed E-state index contributed by atoms with van der Waals surface area (Å²) in [5, 5.41) is 9.18. The van der Waals surface area contributed by atoms with Gasteiger partial charge in [-0.05, 0) is 54.3 Å². The Morgan fingerprint density at radius 3 is 2.44 bits per heavy atom. The fourth-order valence-corrected chi connectivity index (χ4v) is 2.77. The summed E-state index contributed by atoms with van der Waals surface area (Å²) in [5.74, 6) is -0.0708. The molecule has 3 heteroatoms. The number of carbonyl (C=O) groups excluding carboxylic acids is 1. The van der Waals surface area contributed by atoms with Crippen molar-refractivity contribution in [2.45, 2.75) is 12.8 Å². The van der Waals surface area contributed by atoms with E-state index < -0.39 is 5.97 Å².